The van der Waals surface area contributed by atoms with Crippen molar-refractivity contribution < 1.29 is 0 Å². The summed E-state index contributed by atoms with van der Waals surface area (Å²) in [4.78, 5) is 4.87. The van der Waals surface area contributed by atoms with Gasteiger partial charge in [0.25, 0.3) is 0 Å². The Balaban J connectivity index is 1.75. The smallest absolute Gasteiger partial charge is 0.234 e. The summed E-state index contributed by atoms with van der Waals surface area (Å²) in [6.07, 6.45) is 7.97. The van der Waals surface area contributed by atoms with Gasteiger partial charge in [0, 0.05) is 17.7 Å². The first kappa shape index (κ1) is 12.7. The lowest BCUT2D eigenvalue weighted by Gasteiger charge is -2.18. The van der Waals surface area contributed by atoms with Gasteiger partial charge in [0.05, 0.1) is 0 Å². The maximum Gasteiger partial charge on any atom is 0.234 e. The van der Waals surface area contributed by atoms with Gasteiger partial charge in [-0.05, 0) is 25.0 Å². The Kier molecular flexibility index (Phi) is 3.07. The zero-order valence-corrected chi connectivity index (χ0v) is 12.4. The number of nitrogens with zero attached hydrogens (tertiary/aromatic N) is 5. The predicted molar refractivity (Wildman–Crippen MR) is 82.1 cm³/mol. The van der Waals surface area contributed by atoms with E-state index in [0.29, 0.717) is 11.7 Å². The van der Waals surface area contributed by atoms with Crippen molar-refractivity contribution in [2.45, 2.75) is 38.0 Å². The molecule has 3 aromatic rings. The van der Waals surface area contributed by atoms with Crippen molar-refractivity contribution in [3.63, 3.8) is 0 Å². The summed E-state index contributed by atoms with van der Waals surface area (Å²) in [7, 11) is 0. The molecule has 0 amide bonds. The van der Waals surface area contributed by atoms with Crippen LogP contribution >= 0.6 is 11.3 Å². The minimum atomic E-state index is 0.492. The van der Waals surface area contributed by atoms with E-state index < -0.39 is 0 Å². The number of hydrogen-bond donors (Lipinski definition) is 1. The van der Waals surface area contributed by atoms with Crippen LogP contribution in [0.4, 0.5) is 5.82 Å². The van der Waals surface area contributed by atoms with E-state index in [4.69, 9.17) is 5.73 Å². The van der Waals surface area contributed by atoms with Crippen molar-refractivity contribution in [2.75, 3.05) is 5.73 Å². The second kappa shape index (κ2) is 5.07. The summed E-state index contributed by atoms with van der Waals surface area (Å²) < 4.78 is 1.91. The number of nitrogens with two attached hydrogens (primary N) is 1. The molecule has 2 N–H and O–H groups in total. The maximum atomic E-state index is 5.74. The van der Waals surface area contributed by atoms with Crippen molar-refractivity contribution in [3.8, 4) is 10.6 Å². The molecule has 108 valence electrons. The molecular formula is C14H16N6S. The molecule has 0 radical (unpaired) electrons. The molecule has 4 rings (SSSR count). The van der Waals surface area contributed by atoms with Crippen LogP contribution in [-0.2, 0) is 0 Å². The first-order chi connectivity index (χ1) is 10.3. The Labute approximate surface area is 126 Å². The van der Waals surface area contributed by atoms with Crippen molar-refractivity contribution in [2.24, 2.45) is 0 Å². The molecule has 6 nitrogen and oxygen atoms in total. The summed E-state index contributed by atoms with van der Waals surface area (Å²) in [6.45, 7) is 0. The molecule has 3 heterocycles. The van der Waals surface area contributed by atoms with E-state index in [1.807, 2.05) is 16.6 Å². The van der Waals surface area contributed by atoms with Gasteiger partial charge in [-0.15, -0.1) is 10.2 Å². The van der Waals surface area contributed by atoms with E-state index in [1.165, 1.54) is 43.4 Å². The molecule has 21 heavy (non-hydrogen) atoms. The Hall–Kier alpha value is -2.02. The van der Waals surface area contributed by atoms with Crippen LogP contribution < -0.4 is 5.73 Å². The molecule has 0 aromatic carbocycles. The lowest BCUT2D eigenvalue weighted by atomic mass is 9.89. The summed E-state index contributed by atoms with van der Waals surface area (Å²) in [5.41, 5.74) is 6.72. The molecule has 0 unspecified atom stereocenters. The summed E-state index contributed by atoms with van der Waals surface area (Å²) in [5.74, 6) is 2.01. The van der Waals surface area contributed by atoms with Crippen molar-refractivity contribution in [3.05, 3.63) is 24.2 Å². The minimum Gasteiger partial charge on any atom is -0.384 e. The zero-order valence-electron chi connectivity index (χ0n) is 11.6. The predicted octanol–water partition coefficient (Wildman–Crippen LogP) is 2.88. The number of aromatic nitrogens is 5. The molecule has 0 bridgehead atoms. The Morgan fingerprint density at radius 1 is 1.19 bits per heavy atom. The van der Waals surface area contributed by atoms with E-state index in [1.54, 1.807) is 6.20 Å². The third-order valence-corrected chi connectivity index (χ3v) is 4.96. The van der Waals surface area contributed by atoms with Gasteiger partial charge in [0.1, 0.15) is 10.8 Å². The number of hydrogen-bond acceptors (Lipinski definition) is 6. The second-order valence-electron chi connectivity index (χ2n) is 5.46. The standard InChI is InChI=1S/C14H16N6S/c15-11-8-10(6-7-16-11)13-19-20-12(17-18-14(20)21-13)9-4-2-1-3-5-9/h6-9H,1-5H2,(H2,15,16). The number of anilines is 1. The van der Waals surface area contributed by atoms with E-state index in [2.05, 4.69) is 20.3 Å². The fourth-order valence-corrected chi connectivity index (χ4v) is 3.79. The largest absolute Gasteiger partial charge is 0.384 e. The normalized spacial score (nSPS) is 16.6. The number of rotatable bonds is 2. The van der Waals surface area contributed by atoms with Crippen molar-refractivity contribution in [1.29, 1.82) is 0 Å². The van der Waals surface area contributed by atoms with E-state index >= 15 is 0 Å². The summed E-state index contributed by atoms with van der Waals surface area (Å²) >= 11 is 1.54. The second-order valence-corrected chi connectivity index (χ2v) is 6.42. The lowest BCUT2D eigenvalue weighted by Crippen LogP contribution is -2.09. The van der Waals surface area contributed by atoms with Crippen LogP contribution in [0, 0.1) is 0 Å². The first-order valence-corrected chi connectivity index (χ1v) is 8.07. The molecule has 7 heteroatoms. The highest BCUT2D eigenvalue weighted by Gasteiger charge is 2.23. The van der Waals surface area contributed by atoms with Crippen LogP contribution in [0.15, 0.2) is 18.3 Å². The van der Waals surface area contributed by atoms with Crippen molar-refractivity contribution >= 4 is 22.1 Å². The maximum absolute atomic E-state index is 5.74. The van der Waals surface area contributed by atoms with Crippen LogP contribution in [0.5, 0.6) is 0 Å². The van der Waals surface area contributed by atoms with Gasteiger partial charge in [0.2, 0.25) is 4.96 Å². The third-order valence-electron chi connectivity index (χ3n) is 4.01. The monoisotopic (exact) mass is 300 g/mol. The van der Waals surface area contributed by atoms with E-state index in [0.717, 1.165) is 21.4 Å². The number of fused-ring (bicyclic) bond motifs is 1. The SMILES string of the molecule is Nc1cc(-c2nn3c(C4CCCCC4)nnc3s2)ccn1. The first-order valence-electron chi connectivity index (χ1n) is 7.25. The average Bonchev–Trinajstić information content (AvgIpc) is 3.08. The van der Waals surface area contributed by atoms with E-state index in [9.17, 15) is 0 Å². The highest BCUT2D eigenvalue weighted by molar-refractivity contribution is 7.19. The van der Waals surface area contributed by atoms with E-state index in [-0.39, 0.29) is 0 Å². The van der Waals surface area contributed by atoms with Crippen LogP contribution in [0.25, 0.3) is 15.5 Å². The Bertz CT molecular complexity index is 771. The molecule has 0 spiro atoms. The van der Waals surface area contributed by atoms with Crippen LogP contribution in [0.3, 0.4) is 0 Å². The molecule has 1 aliphatic rings. The average molecular weight is 300 g/mol. The molecule has 1 fully saturated rings. The van der Waals surface area contributed by atoms with Gasteiger partial charge in [-0.1, -0.05) is 30.6 Å². The minimum absolute atomic E-state index is 0.492. The Morgan fingerprint density at radius 2 is 2.05 bits per heavy atom. The number of pyridine rings is 1. The Morgan fingerprint density at radius 3 is 2.86 bits per heavy atom. The van der Waals surface area contributed by atoms with Crippen molar-refractivity contribution in [1.82, 2.24) is 24.8 Å². The fraction of sp³-hybridized carbons (Fsp3) is 0.429. The summed E-state index contributed by atoms with van der Waals surface area (Å²) in [5, 5.41) is 14.2. The van der Waals surface area contributed by atoms with Crippen LogP contribution in [0.1, 0.15) is 43.8 Å². The molecule has 0 aliphatic heterocycles. The number of nitrogen functional groups attached to an aromatic ring is 1. The van der Waals surface area contributed by atoms with Gasteiger partial charge in [-0.25, -0.2) is 4.98 Å². The van der Waals surface area contributed by atoms with Crippen LogP contribution in [-0.4, -0.2) is 24.8 Å². The van der Waals surface area contributed by atoms with Gasteiger partial charge in [-0.3, -0.25) is 0 Å². The summed E-state index contributed by atoms with van der Waals surface area (Å²) in [6, 6.07) is 3.76. The molecule has 1 saturated carbocycles. The molecular weight excluding hydrogens is 284 g/mol. The highest BCUT2D eigenvalue weighted by atomic mass is 32.1. The zero-order chi connectivity index (χ0) is 14.2. The molecule has 0 atom stereocenters. The van der Waals surface area contributed by atoms with Gasteiger partial charge in [-0.2, -0.15) is 9.61 Å². The van der Waals surface area contributed by atoms with Gasteiger partial charge >= 0.3 is 0 Å². The quantitative estimate of drug-likeness (QED) is 0.787. The third kappa shape index (κ3) is 2.27. The molecule has 3 aromatic heterocycles. The highest BCUT2D eigenvalue weighted by Crippen LogP contribution is 2.33. The molecule has 1 aliphatic carbocycles. The van der Waals surface area contributed by atoms with Crippen LogP contribution in [0.2, 0.25) is 0 Å². The van der Waals surface area contributed by atoms with Gasteiger partial charge in [0.15, 0.2) is 5.82 Å². The van der Waals surface area contributed by atoms with Gasteiger partial charge < -0.3 is 5.73 Å². The molecule has 0 saturated heterocycles. The lowest BCUT2D eigenvalue weighted by molar-refractivity contribution is 0.423. The fourth-order valence-electron chi connectivity index (χ4n) is 2.95. The topological polar surface area (TPSA) is 82.0 Å².